The maximum atomic E-state index is 13.0. The summed E-state index contributed by atoms with van der Waals surface area (Å²) in [6.07, 6.45) is 9.39. The van der Waals surface area contributed by atoms with Crippen molar-refractivity contribution in [3.05, 3.63) is 12.2 Å². The van der Waals surface area contributed by atoms with E-state index in [1.165, 1.54) is 0 Å². The lowest BCUT2D eigenvalue weighted by atomic mass is 9.70. The first kappa shape index (κ1) is 20.5. The van der Waals surface area contributed by atoms with Crippen LogP contribution >= 0.6 is 0 Å². The number of nitrogens with zero attached hydrogens (tertiary/aromatic N) is 2. The maximum Gasteiger partial charge on any atom is 0.410 e. The standard InChI is InChI=1S/C23H36N2O4/c1-15-11-16-7-5-8-17(12-16)20(15)28-21(26)24-13-18-9-6-10-25(19(18)14-24)22(27)29-23(2,3)4/h5,7,15-20H,6,8-14H2,1-4H3/t15?,16?,17?,18-,19?,20?/m1/s1. The van der Waals surface area contributed by atoms with Crippen LogP contribution in [0.1, 0.15) is 59.8 Å². The number of likely N-dealkylation sites (tertiary alicyclic amines) is 2. The van der Waals surface area contributed by atoms with Gasteiger partial charge in [-0.3, -0.25) is 0 Å². The van der Waals surface area contributed by atoms with E-state index in [1.54, 1.807) is 0 Å². The quantitative estimate of drug-likeness (QED) is 0.606. The van der Waals surface area contributed by atoms with Crippen LogP contribution < -0.4 is 0 Å². The lowest BCUT2D eigenvalue weighted by molar-refractivity contribution is -0.0225. The summed E-state index contributed by atoms with van der Waals surface area (Å²) in [5.74, 6) is 1.81. The summed E-state index contributed by atoms with van der Waals surface area (Å²) < 4.78 is 11.7. The minimum atomic E-state index is -0.509. The van der Waals surface area contributed by atoms with Gasteiger partial charge in [-0.15, -0.1) is 0 Å². The molecule has 0 radical (unpaired) electrons. The van der Waals surface area contributed by atoms with E-state index >= 15 is 0 Å². The molecule has 0 N–H and O–H groups in total. The van der Waals surface area contributed by atoms with Gasteiger partial charge in [-0.2, -0.15) is 0 Å². The molecular weight excluding hydrogens is 368 g/mol. The van der Waals surface area contributed by atoms with Gasteiger partial charge < -0.3 is 19.3 Å². The zero-order chi connectivity index (χ0) is 20.8. The molecule has 5 unspecified atom stereocenters. The zero-order valence-corrected chi connectivity index (χ0v) is 18.3. The third-order valence-corrected chi connectivity index (χ3v) is 7.06. The van der Waals surface area contributed by atoms with Gasteiger partial charge in [-0.25, -0.2) is 9.59 Å². The fourth-order valence-corrected chi connectivity index (χ4v) is 5.81. The number of fused-ring (bicyclic) bond motifs is 3. The van der Waals surface area contributed by atoms with Crippen molar-refractivity contribution in [3.8, 4) is 0 Å². The maximum absolute atomic E-state index is 13.0. The highest BCUT2D eigenvalue weighted by atomic mass is 16.6. The molecule has 2 saturated heterocycles. The first-order chi connectivity index (χ1) is 13.7. The highest BCUT2D eigenvalue weighted by Gasteiger charge is 2.45. The van der Waals surface area contributed by atoms with E-state index < -0.39 is 5.60 Å². The van der Waals surface area contributed by atoms with Gasteiger partial charge in [0.05, 0.1) is 6.04 Å². The molecule has 0 aromatic rings. The zero-order valence-electron chi connectivity index (χ0n) is 18.3. The largest absolute Gasteiger partial charge is 0.446 e. The first-order valence-corrected chi connectivity index (χ1v) is 11.3. The average Bonchev–Trinajstić information content (AvgIpc) is 3.08. The highest BCUT2D eigenvalue weighted by molar-refractivity contribution is 5.71. The fraction of sp³-hybridized carbons (Fsp3) is 0.826. The fourth-order valence-electron chi connectivity index (χ4n) is 5.81. The Bertz CT molecular complexity index is 670. The van der Waals surface area contributed by atoms with E-state index in [2.05, 4.69) is 19.1 Å². The number of ether oxygens (including phenoxy) is 2. The number of carbonyl (C=O) groups is 2. The number of hydrogen-bond donors (Lipinski definition) is 0. The topological polar surface area (TPSA) is 59.1 Å². The summed E-state index contributed by atoms with van der Waals surface area (Å²) in [5.41, 5.74) is -0.509. The van der Waals surface area contributed by atoms with Gasteiger partial charge in [-0.1, -0.05) is 19.1 Å². The van der Waals surface area contributed by atoms with E-state index in [1.807, 2.05) is 30.6 Å². The van der Waals surface area contributed by atoms with Gasteiger partial charge >= 0.3 is 12.2 Å². The van der Waals surface area contributed by atoms with Crippen LogP contribution in [0, 0.1) is 23.7 Å². The Morgan fingerprint density at radius 1 is 1.07 bits per heavy atom. The van der Waals surface area contributed by atoms with Crippen LogP contribution in [-0.4, -0.2) is 59.4 Å². The number of allylic oxidation sites excluding steroid dienone is 2. The normalized spacial score (nSPS) is 36.6. The summed E-state index contributed by atoms with van der Waals surface area (Å²) in [4.78, 5) is 29.4. The lowest BCUT2D eigenvalue weighted by Crippen LogP contribution is -2.50. The summed E-state index contributed by atoms with van der Waals surface area (Å²) in [6, 6.07) is 0.0388. The summed E-state index contributed by atoms with van der Waals surface area (Å²) >= 11 is 0. The number of hydrogen-bond acceptors (Lipinski definition) is 4. The van der Waals surface area contributed by atoms with Gasteiger partial charge in [0.25, 0.3) is 0 Å². The lowest BCUT2D eigenvalue weighted by Gasteiger charge is -2.41. The second kappa shape index (κ2) is 7.84. The molecule has 162 valence electrons. The predicted molar refractivity (Wildman–Crippen MR) is 110 cm³/mol. The Labute approximate surface area is 174 Å². The van der Waals surface area contributed by atoms with E-state index in [0.717, 1.165) is 32.1 Å². The summed E-state index contributed by atoms with van der Waals surface area (Å²) in [6.45, 7) is 9.82. The van der Waals surface area contributed by atoms with Crippen molar-refractivity contribution in [1.82, 2.24) is 9.80 Å². The number of piperidine rings is 1. The third kappa shape index (κ3) is 4.41. The molecule has 2 heterocycles. The molecule has 2 bridgehead atoms. The Morgan fingerprint density at radius 2 is 1.86 bits per heavy atom. The molecule has 4 aliphatic rings. The van der Waals surface area contributed by atoms with Crippen molar-refractivity contribution in [3.63, 3.8) is 0 Å². The molecule has 2 aliphatic heterocycles. The summed E-state index contributed by atoms with van der Waals surface area (Å²) in [5, 5.41) is 0. The van der Waals surface area contributed by atoms with Gasteiger partial charge in [0, 0.05) is 25.6 Å². The number of rotatable bonds is 1. The van der Waals surface area contributed by atoms with E-state index in [4.69, 9.17) is 9.47 Å². The molecule has 0 aromatic heterocycles. The molecule has 2 amide bonds. The Balaban J connectivity index is 1.38. The molecule has 6 heteroatoms. The van der Waals surface area contributed by atoms with Crippen LogP contribution in [0.15, 0.2) is 12.2 Å². The molecule has 1 saturated carbocycles. The van der Waals surface area contributed by atoms with Crippen LogP contribution in [0.25, 0.3) is 0 Å². The van der Waals surface area contributed by atoms with Gasteiger partial charge in [-0.05, 0) is 70.6 Å². The average molecular weight is 405 g/mol. The van der Waals surface area contributed by atoms with E-state index in [0.29, 0.717) is 43.3 Å². The molecule has 29 heavy (non-hydrogen) atoms. The van der Waals surface area contributed by atoms with Crippen molar-refractivity contribution in [1.29, 1.82) is 0 Å². The molecule has 2 aliphatic carbocycles. The molecule has 0 aromatic carbocycles. The summed E-state index contributed by atoms with van der Waals surface area (Å²) in [7, 11) is 0. The van der Waals surface area contributed by atoms with E-state index in [-0.39, 0.29) is 24.3 Å². The second-order valence-electron chi connectivity index (χ2n) is 10.5. The first-order valence-electron chi connectivity index (χ1n) is 11.3. The molecule has 6 nitrogen and oxygen atoms in total. The number of carbonyl (C=O) groups excluding carboxylic acids is 2. The minimum Gasteiger partial charge on any atom is -0.446 e. The third-order valence-electron chi connectivity index (χ3n) is 7.06. The monoisotopic (exact) mass is 404 g/mol. The molecule has 6 atom stereocenters. The van der Waals surface area contributed by atoms with Crippen molar-refractivity contribution in [2.24, 2.45) is 23.7 Å². The second-order valence-corrected chi connectivity index (χ2v) is 10.5. The van der Waals surface area contributed by atoms with Crippen molar-refractivity contribution in [2.45, 2.75) is 77.5 Å². The van der Waals surface area contributed by atoms with Crippen LogP contribution in [0.2, 0.25) is 0 Å². The van der Waals surface area contributed by atoms with Crippen LogP contribution in [0.5, 0.6) is 0 Å². The van der Waals surface area contributed by atoms with Crippen molar-refractivity contribution in [2.75, 3.05) is 19.6 Å². The van der Waals surface area contributed by atoms with Gasteiger partial charge in [0.2, 0.25) is 0 Å². The van der Waals surface area contributed by atoms with Gasteiger partial charge in [0.1, 0.15) is 11.7 Å². The van der Waals surface area contributed by atoms with Crippen molar-refractivity contribution >= 4 is 12.2 Å². The van der Waals surface area contributed by atoms with Crippen LogP contribution in [0.4, 0.5) is 9.59 Å². The highest BCUT2D eigenvalue weighted by Crippen LogP contribution is 2.41. The van der Waals surface area contributed by atoms with Crippen molar-refractivity contribution < 1.29 is 19.1 Å². The smallest absolute Gasteiger partial charge is 0.410 e. The van der Waals surface area contributed by atoms with Crippen LogP contribution in [0.3, 0.4) is 0 Å². The van der Waals surface area contributed by atoms with E-state index in [9.17, 15) is 9.59 Å². The van der Waals surface area contributed by atoms with Crippen LogP contribution in [-0.2, 0) is 9.47 Å². The SMILES string of the molecule is CC1CC2C=CCC(C2)C1OC(=O)N1CC2[C@H](CCCN2C(=O)OC(C)(C)C)C1. The minimum absolute atomic E-state index is 0.00767. The van der Waals surface area contributed by atoms with Gasteiger partial charge in [0.15, 0.2) is 0 Å². The molecular formula is C23H36N2O4. The Morgan fingerprint density at radius 3 is 2.62 bits per heavy atom. The molecule has 4 rings (SSSR count). The molecule has 3 fully saturated rings. The molecule has 0 spiro atoms. The Kier molecular flexibility index (Phi) is 5.56. The predicted octanol–water partition coefficient (Wildman–Crippen LogP) is 4.45. The Hall–Kier alpha value is -1.72. The number of amides is 2.